The first-order chi connectivity index (χ1) is 11.5. The summed E-state index contributed by atoms with van der Waals surface area (Å²) in [6, 6.07) is 0. The van der Waals surface area contributed by atoms with E-state index in [4.69, 9.17) is 0 Å². The third-order valence-electron chi connectivity index (χ3n) is 3.31. The van der Waals surface area contributed by atoms with E-state index in [1.165, 1.54) is 31.9 Å². The maximum absolute atomic E-state index is 12.5. The van der Waals surface area contributed by atoms with Crippen LogP contribution >= 0.6 is 11.8 Å². The summed E-state index contributed by atoms with van der Waals surface area (Å²) in [7, 11) is 1.18. The molecule has 2 N–H and O–H groups in total. The monoisotopic (exact) mass is 351 g/mol. The maximum atomic E-state index is 12.5. The van der Waals surface area contributed by atoms with Gasteiger partial charge in [-0.1, -0.05) is 0 Å². The van der Waals surface area contributed by atoms with Crippen LogP contribution in [-0.4, -0.2) is 53.0 Å². The summed E-state index contributed by atoms with van der Waals surface area (Å²) < 4.78 is 4.58. The van der Waals surface area contributed by atoms with E-state index in [-0.39, 0.29) is 27.8 Å². The van der Waals surface area contributed by atoms with Crippen molar-refractivity contribution in [2.24, 2.45) is 0 Å². The highest BCUT2D eigenvalue weighted by Gasteiger charge is 2.34. The fourth-order valence-corrected chi connectivity index (χ4v) is 3.14. The molecule has 1 aromatic rings. The third kappa shape index (κ3) is 3.91. The number of Topliss-reactive ketones (excluding diaryl/α,β-unsaturated/α-hetero) is 1. The van der Waals surface area contributed by atoms with E-state index in [0.717, 1.165) is 12.8 Å². The number of ether oxygens (including phenoxy) is 1. The predicted octanol–water partition coefficient (Wildman–Crippen LogP) is 1.11. The number of nitrogens with zero attached hydrogens (tertiary/aromatic N) is 1. The second-order valence-corrected chi connectivity index (χ2v) is 6.19. The first kappa shape index (κ1) is 17.9. The van der Waals surface area contributed by atoms with Crippen LogP contribution in [0, 0.1) is 0 Å². The second-order valence-electron chi connectivity index (χ2n) is 5.05. The van der Waals surface area contributed by atoms with Crippen molar-refractivity contribution in [2.75, 3.05) is 19.4 Å². The van der Waals surface area contributed by atoms with E-state index in [1.807, 2.05) is 0 Å². The third-order valence-corrected chi connectivity index (χ3v) is 4.41. The van der Waals surface area contributed by atoms with Crippen LogP contribution in [0.25, 0.3) is 0 Å². The highest BCUT2D eigenvalue weighted by molar-refractivity contribution is 8.04. The molecule has 0 aromatic carbocycles. The van der Waals surface area contributed by atoms with Crippen molar-refractivity contribution in [1.82, 2.24) is 15.5 Å². The molecular formula is C15H17N3O5S. The molecule has 1 heterocycles. The van der Waals surface area contributed by atoms with Gasteiger partial charge in [0.2, 0.25) is 17.5 Å². The molecule has 0 saturated heterocycles. The average Bonchev–Trinajstić information content (AvgIpc) is 2.99. The van der Waals surface area contributed by atoms with Crippen molar-refractivity contribution in [3.05, 3.63) is 27.9 Å². The van der Waals surface area contributed by atoms with Crippen LogP contribution in [0.5, 0.6) is 0 Å². The van der Waals surface area contributed by atoms with E-state index in [1.54, 1.807) is 0 Å². The topological polar surface area (TPSA) is 118 Å². The van der Waals surface area contributed by atoms with E-state index in [2.05, 4.69) is 20.3 Å². The van der Waals surface area contributed by atoms with Crippen molar-refractivity contribution >= 4 is 35.2 Å². The number of aromatic amines is 1. The van der Waals surface area contributed by atoms with Gasteiger partial charge in [-0.15, -0.1) is 11.8 Å². The zero-order chi connectivity index (χ0) is 17.7. The minimum Gasteiger partial charge on any atom is -0.464 e. The van der Waals surface area contributed by atoms with Crippen molar-refractivity contribution in [2.45, 2.75) is 19.8 Å². The van der Waals surface area contributed by atoms with Gasteiger partial charge in [-0.05, 0) is 18.6 Å². The summed E-state index contributed by atoms with van der Waals surface area (Å²) in [5, 5.41) is 8.83. The highest BCUT2D eigenvalue weighted by atomic mass is 32.2. The molecule has 1 aliphatic rings. The van der Waals surface area contributed by atoms with Crippen LogP contribution in [-0.2, 0) is 9.53 Å². The fraction of sp³-hybridized carbons (Fsp3) is 0.400. The zero-order valence-electron chi connectivity index (χ0n) is 13.3. The lowest BCUT2D eigenvalue weighted by Gasteiger charge is -2.11. The molecule has 0 bridgehead atoms. The number of methoxy groups -OCH3 is 1. The Kier molecular flexibility index (Phi) is 5.91. The van der Waals surface area contributed by atoms with Crippen molar-refractivity contribution < 1.29 is 23.9 Å². The lowest BCUT2D eigenvalue weighted by atomic mass is 9.99. The molecular weight excluding hydrogens is 334 g/mol. The average molecular weight is 351 g/mol. The van der Waals surface area contributed by atoms with Crippen LogP contribution in [0.3, 0.4) is 0 Å². The van der Waals surface area contributed by atoms with E-state index in [9.17, 15) is 19.2 Å². The van der Waals surface area contributed by atoms with Gasteiger partial charge in [0.25, 0.3) is 0 Å². The summed E-state index contributed by atoms with van der Waals surface area (Å²) in [6.45, 7) is 2.02. The Morgan fingerprint density at radius 1 is 1.33 bits per heavy atom. The second kappa shape index (κ2) is 7.91. The van der Waals surface area contributed by atoms with Crippen LogP contribution in [0.2, 0.25) is 0 Å². The Morgan fingerprint density at radius 3 is 2.75 bits per heavy atom. The Bertz CT molecular complexity index is 723. The molecule has 9 heteroatoms. The van der Waals surface area contributed by atoms with Gasteiger partial charge >= 0.3 is 5.97 Å². The minimum atomic E-state index is -0.768. The Hall–Kier alpha value is -2.42. The molecule has 0 spiro atoms. The maximum Gasteiger partial charge on any atom is 0.359 e. The lowest BCUT2D eigenvalue weighted by molar-refractivity contribution is -0.118. The number of fused-ring (bicyclic) bond motifs is 1. The molecule has 1 aliphatic carbocycles. The number of ketones is 2. The smallest absolute Gasteiger partial charge is 0.359 e. The molecule has 2 rings (SSSR count). The molecule has 24 heavy (non-hydrogen) atoms. The number of rotatable bonds is 7. The Labute approximate surface area is 142 Å². The minimum absolute atomic E-state index is 0.00964. The quantitative estimate of drug-likeness (QED) is 0.558. The van der Waals surface area contributed by atoms with Crippen molar-refractivity contribution in [3.63, 3.8) is 0 Å². The molecule has 128 valence electrons. The number of H-pyrrole nitrogens is 1. The number of allylic oxidation sites excluding steroid dienone is 2. The number of amides is 1. The van der Waals surface area contributed by atoms with Gasteiger partial charge in [-0.2, -0.15) is 5.10 Å². The number of esters is 1. The highest BCUT2D eigenvalue weighted by Crippen LogP contribution is 2.30. The van der Waals surface area contributed by atoms with E-state index < -0.39 is 17.5 Å². The van der Waals surface area contributed by atoms with Gasteiger partial charge in [0.05, 0.1) is 17.6 Å². The summed E-state index contributed by atoms with van der Waals surface area (Å²) in [6.07, 6.45) is 2.79. The molecule has 1 amide bonds. The predicted molar refractivity (Wildman–Crippen MR) is 87.0 cm³/mol. The largest absolute Gasteiger partial charge is 0.464 e. The summed E-state index contributed by atoms with van der Waals surface area (Å²) >= 11 is 1.25. The standard InChI is InChI=1S/C15H17N3O5S/c1-8(19)16-5-3-4-6-24-10-7-9(20)12-11(14(10)21)13(18-17-12)15(22)23-2/h7H,3-6H2,1-2H3,(H,16,19)(H,17,18). The molecule has 8 nitrogen and oxygen atoms in total. The summed E-state index contributed by atoms with van der Waals surface area (Å²) in [4.78, 5) is 47.3. The number of carbonyl (C=O) groups is 4. The van der Waals surface area contributed by atoms with E-state index >= 15 is 0 Å². The zero-order valence-corrected chi connectivity index (χ0v) is 14.1. The number of thioether (sulfide) groups is 1. The van der Waals surface area contributed by atoms with Crippen LogP contribution in [0.1, 0.15) is 51.1 Å². The van der Waals surface area contributed by atoms with Gasteiger partial charge in [0.15, 0.2) is 5.69 Å². The fourth-order valence-electron chi connectivity index (χ4n) is 2.15. The molecule has 0 unspecified atom stereocenters. The first-order valence-corrected chi connectivity index (χ1v) is 8.29. The summed E-state index contributed by atoms with van der Waals surface area (Å²) in [5.74, 6) is -1.04. The molecule has 0 saturated carbocycles. The van der Waals surface area contributed by atoms with Crippen molar-refractivity contribution in [3.8, 4) is 0 Å². The molecule has 0 fully saturated rings. The van der Waals surface area contributed by atoms with Gasteiger partial charge in [0, 0.05) is 19.5 Å². The SMILES string of the molecule is COC(=O)c1n[nH]c2c1C(=O)C(SCCCCNC(C)=O)=CC2=O. The van der Waals surface area contributed by atoms with Gasteiger partial charge < -0.3 is 10.1 Å². The number of aromatic nitrogens is 2. The molecule has 0 radical (unpaired) electrons. The first-order valence-electron chi connectivity index (χ1n) is 7.30. The normalized spacial score (nSPS) is 13.3. The number of unbranched alkanes of at least 4 members (excludes halogenated alkanes) is 1. The van der Waals surface area contributed by atoms with Crippen LogP contribution < -0.4 is 5.32 Å². The Morgan fingerprint density at radius 2 is 2.08 bits per heavy atom. The van der Waals surface area contributed by atoms with E-state index in [0.29, 0.717) is 12.3 Å². The number of carbonyl (C=O) groups excluding carboxylic acids is 4. The molecule has 0 aliphatic heterocycles. The van der Waals surface area contributed by atoms with Crippen molar-refractivity contribution in [1.29, 1.82) is 0 Å². The van der Waals surface area contributed by atoms with Gasteiger partial charge in [-0.3, -0.25) is 19.5 Å². The van der Waals surface area contributed by atoms with Crippen LogP contribution in [0.15, 0.2) is 11.0 Å². The number of nitrogens with one attached hydrogen (secondary N) is 2. The Balaban J connectivity index is 2.00. The molecule has 0 atom stereocenters. The van der Waals surface area contributed by atoms with Crippen LogP contribution in [0.4, 0.5) is 0 Å². The summed E-state index contributed by atoms with van der Waals surface area (Å²) in [5.41, 5.74) is -0.201. The number of hydrogen-bond acceptors (Lipinski definition) is 7. The lowest BCUT2D eigenvalue weighted by Crippen LogP contribution is -2.21. The van der Waals surface area contributed by atoms with Gasteiger partial charge in [0.1, 0.15) is 5.69 Å². The molecule has 1 aromatic heterocycles. The van der Waals surface area contributed by atoms with Gasteiger partial charge in [-0.25, -0.2) is 4.79 Å². The number of hydrogen-bond donors (Lipinski definition) is 2.